The summed E-state index contributed by atoms with van der Waals surface area (Å²) in [7, 11) is 0. The minimum absolute atomic E-state index is 0.0252. The van der Waals surface area contributed by atoms with Crippen LogP contribution in [0.4, 0.5) is 11.6 Å². The van der Waals surface area contributed by atoms with Gasteiger partial charge in [0.2, 0.25) is 5.91 Å². The second-order valence-electron chi connectivity index (χ2n) is 7.28. The highest BCUT2D eigenvalue weighted by molar-refractivity contribution is 5.96. The standard InChI is InChI=1S/C19H22N4O2/c24-19(13-11-12-7-8-16(13)25-12)22-17-18(23-9-3-4-10-23)21-15-6-2-1-5-14(15)20-17/h1-2,5-6,12-13,16H,3-4,7-11H2,(H,20,22,24)/t12-,13-,16+/m1/s1. The van der Waals surface area contributed by atoms with E-state index in [-0.39, 0.29) is 24.0 Å². The Labute approximate surface area is 146 Å². The molecule has 3 aliphatic rings. The van der Waals surface area contributed by atoms with Crippen molar-refractivity contribution in [2.24, 2.45) is 5.92 Å². The van der Waals surface area contributed by atoms with Crippen molar-refractivity contribution in [3.05, 3.63) is 24.3 Å². The van der Waals surface area contributed by atoms with Gasteiger partial charge in [-0.05, 0) is 44.2 Å². The highest BCUT2D eigenvalue weighted by Crippen LogP contribution is 2.39. The number of rotatable bonds is 3. The third kappa shape index (κ3) is 2.65. The van der Waals surface area contributed by atoms with Crippen LogP contribution in [0.3, 0.4) is 0 Å². The third-order valence-electron chi connectivity index (χ3n) is 5.64. The van der Waals surface area contributed by atoms with Crippen LogP contribution in [0.15, 0.2) is 24.3 Å². The molecule has 3 aliphatic heterocycles. The van der Waals surface area contributed by atoms with Gasteiger partial charge in [-0.25, -0.2) is 9.97 Å². The summed E-state index contributed by atoms with van der Waals surface area (Å²) in [5.41, 5.74) is 1.68. The van der Waals surface area contributed by atoms with E-state index >= 15 is 0 Å². The molecule has 130 valence electrons. The number of hydrogen-bond acceptors (Lipinski definition) is 5. The van der Waals surface area contributed by atoms with Crippen molar-refractivity contribution in [1.82, 2.24) is 9.97 Å². The fraction of sp³-hybridized carbons (Fsp3) is 0.526. The van der Waals surface area contributed by atoms with Crippen molar-refractivity contribution in [2.45, 2.75) is 44.3 Å². The average molecular weight is 338 g/mol. The number of nitrogens with one attached hydrogen (secondary N) is 1. The third-order valence-corrected chi connectivity index (χ3v) is 5.64. The summed E-state index contributed by atoms with van der Waals surface area (Å²) in [5.74, 6) is 1.36. The number of carbonyl (C=O) groups is 1. The zero-order valence-electron chi connectivity index (χ0n) is 14.1. The summed E-state index contributed by atoms with van der Waals surface area (Å²) in [6, 6.07) is 7.82. The average Bonchev–Trinajstić information content (AvgIpc) is 3.38. The number of para-hydroxylation sites is 2. The van der Waals surface area contributed by atoms with Crippen LogP contribution in [0.25, 0.3) is 11.0 Å². The first kappa shape index (κ1) is 15.1. The summed E-state index contributed by atoms with van der Waals surface area (Å²) < 4.78 is 5.84. The van der Waals surface area contributed by atoms with E-state index < -0.39 is 0 Å². The number of aromatic nitrogens is 2. The van der Waals surface area contributed by atoms with Crippen LogP contribution in [-0.2, 0) is 9.53 Å². The Hall–Kier alpha value is -2.21. The number of fused-ring (bicyclic) bond motifs is 3. The Morgan fingerprint density at radius 2 is 1.88 bits per heavy atom. The highest BCUT2D eigenvalue weighted by atomic mass is 16.5. The smallest absolute Gasteiger partial charge is 0.231 e. The van der Waals surface area contributed by atoms with Crippen molar-refractivity contribution in [3.63, 3.8) is 0 Å². The molecule has 0 saturated carbocycles. The van der Waals surface area contributed by atoms with Crippen molar-refractivity contribution >= 4 is 28.6 Å². The van der Waals surface area contributed by atoms with E-state index in [4.69, 9.17) is 14.7 Å². The summed E-state index contributed by atoms with van der Waals surface area (Å²) >= 11 is 0. The maximum Gasteiger partial charge on any atom is 0.231 e. The van der Waals surface area contributed by atoms with Crippen LogP contribution in [0.1, 0.15) is 32.1 Å². The lowest BCUT2D eigenvalue weighted by molar-refractivity contribution is -0.121. The van der Waals surface area contributed by atoms with Gasteiger partial charge >= 0.3 is 0 Å². The maximum atomic E-state index is 12.8. The topological polar surface area (TPSA) is 67.4 Å². The molecule has 6 nitrogen and oxygen atoms in total. The molecule has 2 aromatic rings. The van der Waals surface area contributed by atoms with Crippen molar-refractivity contribution in [2.75, 3.05) is 23.3 Å². The first-order chi connectivity index (χ1) is 12.3. The van der Waals surface area contributed by atoms with E-state index in [1.54, 1.807) is 0 Å². The number of hydrogen-bond donors (Lipinski definition) is 1. The van der Waals surface area contributed by atoms with Gasteiger partial charge in [0.1, 0.15) is 0 Å². The molecule has 1 aromatic carbocycles. The zero-order chi connectivity index (χ0) is 16.8. The summed E-state index contributed by atoms with van der Waals surface area (Å²) in [6.45, 7) is 1.93. The molecule has 25 heavy (non-hydrogen) atoms. The Bertz CT molecular complexity index is 818. The summed E-state index contributed by atoms with van der Waals surface area (Å²) in [6.07, 6.45) is 5.56. The normalized spacial score (nSPS) is 28.0. The largest absolute Gasteiger partial charge is 0.374 e. The van der Waals surface area contributed by atoms with Gasteiger partial charge in [-0.1, -0.05) is 12.1 Å². The lowest BCUT2D eigenvalue weighted by Crippen LogP contribution is -2.32. The van der Waals surface area contributed by atoms with E-state index in [9.17, 15) is 4.79 Å². The molecular formula is C19H22N4O2. The minimum atomic E-state index is -0.0570. The molecule has 0 spiro atoms. The van der Waals surface area contributed by atoms with Crippen molar-refractivity contribution in [3.8, 4) is 0 Å². The van der Waals surface area contributed by atoms with Crippen LogP contribution < -0.4 is 10.2 Å². The molecule has 2 bridgehead atoms. The van der Waals surface area contributed by atoms with Crippen LogP contribution in [0, 0.1) is 5.92 Å². The van der Waals surface area contributed by atoms with Crippen LogP contribution in [-0.4, -0.2) is 41.2 Å². The molecule has 5 rings (SSSR count). The first-order valence-corrected chi connectivity index (χ1v) is 9.26. The molecule has 4 heterocycles. The molecule has 3 atom stereocenters. The molecule has 0 aliphatic carbocycles. The number of amides is 1. The maximum absolute atomic E-state index is 12.8. The molecular weight excluding hydrogens is 316 g/mol. The Balaban J connectivity index is 1.48. The molecule has 3 saturated heterocycles. The van der Waals surface area contributed by atoms with Gasteiger partial charge < -0.3 is 15.0 Å². The number of ether oxygens (including phenoxy) is 1. The predicted molar refractivity (Wildman–Crippen MR) is 95.6 cm³/mol. The number of benzene rings is 1. The summed E-state index contributed by atoms with van der Waals surface area (Å²) in [5, 5.41) is 3.07. The number of nitrogens with zero attached hydrogens (tertiary/aromatic N) is 3. The van der Waals surface area contributed by atoms with Crippen LogP contribution in [0.2, 0.25) is 0 Å². The summed E-state index contributed by atoms with van der Waals surface area (Å²) in [4.78, 5) is 24.6. The molecule has 1 aromatic heterocycles. The number of anilines is 2. The monoisotopic (exact) mass is 338 g/mol. The SMILES string of the molecule is O=C(Nc1nc2ccccc2nc1N1CCCC1)[C@@H]1C[C@H]2CC[C@@H]1O2. The second-order valence-corrected chi connectivity index (χ2v) is 7.28. The predicted octanol–water partition coefficient (Wildman–Crippen LogP) is 2.74. The quantitative estimate of drug-likeness (QED) is 0.932. The second kappa shape index (κ2) is 5.95. The van der Waals surface area contributed by atoms with Gasteiger partial charge in [0.05, 0.1) is 29.2 Å². The van der Waals surface area contributed by atoms with Crippen LogP contribution in [0.5, 0.6) is 0 Å². The minimum Gasteiger partial charge on any atom is -0.374 e. The van der Waals surface area contributed by atoms with E-state index in [0.29, 0.717) is 5.82 Å². The van der Waals surface area contributed by atoms with E-state index in [0.717, 1.165) is 62.0 Å². The highest BCUT2D eigenvalue weighted by Gasteiger charge is 2.44. The fourth-order valence-electron chi connectivity index (χ4n) is 4.35. The van der Waals surface area contributed by atoms with Gasteiger partial charge in [-0.3, -0.25) is 4.79 Å². The zero-order valence-corrected chi connectivity index (χ0v) is 14.1. The molecule has 1 amide bonds. The molecule has 6 heteroatoms. The van der Waals surface area contributed by atoms with Crippen molar-refractivity contribution < 1.29 is 9.53 Å². The fourth-order valence-corrected chi connectivity index (χ4v) is 4.35. The molecule has 0 radical (unpaired) electrons. The molecule has 1 N–H and O–H groups in total. The van der Waals surface area contributed by atoms with Crippen molar-refractivity contribution in [1.29, 1.82) is 0 Å². The van der Waals surface area contributed by atoms with E-state index in [1.165, 1.54) is 0 Å². The lowest BCUT2D eigenvalue weighted by atomic mass is 9.88. The van der Waals surface area contributed by atoms with E-state index in [2.05, 4.69) is 10.2 Å². The van der Waals surface area contributed by atoms with Gasteiger partial charge in [0.15, 0.2) is 11.6 Å². The van der Waals surface area contributed by atoms with Gasteiger partial charge in [0, 0.05) is 13.1 Å². The van der Waals surface area contributed by atoms with E-state index in [1.807, 2.05) is 24.3 Å². The Morgan fingerprint density at radius 1 is 1.12 bits per heavy atom. The first-order valence-electron chi connectivity index (χ1n) is 9.26. The lowest BCUT2D eigenvalue weighted by Gasteiger charge is -2.22. The molecule has 3 fully saturated rings. The molecule has 0 unspecified atom stereocenters. The Morgan fingerprint density at radius 3 is 2.56 bits per heavy atom. The number of carbonyl (C=O) groups excluding carboxylic acids is 1. The van der Waals surface area contributed by atoms with Crippen LogP contribution >= 0.6 is 0 Å². The Kier molecular flexibility index (Phi) is 3.59. The van der Waals surface area contributed by atoms with Gasteiger partial charge in [-0.15, -0.1) is 0 Å². The van der Waals surface area contributed by atoms with Gasteiger partial charge in [-0.2, -0.15) is 0 Å². The van der Waals surface area contributed by atoms with Gasteiger partial charge in [0.25, 0.3) is 0 Å².